The highest BCUT2D eigenvalue weighted by Gasteiger charge is 2.28. The maximum absolute atomic E-state index is 12.0. The smallest absolute Gasteiger partial charge is 0.319 e. The molecule has 1 aliphatic carbocycles. The summed E-state index contributed by atoms with van der Waals surface area (Å²) in [4.78, 5) is 12.0. The van der Waals surface area contributed by atoms with Crippen molar-refractivity contribution in [3.8, 4) is 0 Å². The lowest BCUT2D eigenvalue weighted by Crippen LogP contribution is -2.45. The number of carbonyl (C=O) groups is 1. The van der Waals surface area contributed by atoms with Crippen LogP contribution in [-0.4, -0.2) is 12.1 Å². The molecule has 1 aliphatic rings. The largest absolute Gasteiger partial charge is 0.335 e. The summed E-state index contributed by atoms with van der Waals surface area (Å²) in [5.41, 5.74) is 0.724. The molecule has 19 heavy (non-hydrogen) atoms. The van der Waals surface area contributed by atoms with Crippen molar-refractivity contribution in [2.75, 3.05) is 5.32 Å². The molecular formula is C15H21ClN2O. The summed E-state index contributed by atoms with van der Waals surface area (Å²) in [7, 11) is 0. The quantitative estimate of drug-likeness (QED) is 0.834. The van der Waals surface area contributed by atoms with E-state index in [1.807, 2.05) is 12.1 Å². The molecule has 3 nitrogen and oxygen atoms in total. The van der Waals surface area contributed by atoms with Crippen molar-refractivity contribution in [1.29, 1.82) is 0 Å². The Bertz CT molecular complexity index is 450. The fourth-order valence-corrected chi connectivity index (χ4v) is 2.88. The van der Waals surface area contributed by atoms with Crippen LogP contribution in [0.3, 0.4) is 0 Å². The van der Waals surface area contributed by atoms with Crippen LogP contribution in [0, 0.1) is 11.8 Å². The molecule has 4 heteroatoms. The van der Waals surface area contributed by atoms with Crippen molar-refractivity contribution >= 4 is 23.3 Å². The van der Waals surface area contributed by atoms with Gasteiger partial charge in [0.1, 0.15) is 0 Å². The zero-order chi connectivity index (χ0) is 13.8. The molecule has 0 saturated heterocycles. The van der Waals surface area contributed by atoms with Crippen LogP contribution in [0.2, 0.25) is 5.02 Å². The van der Waals surface area contributed by atoms with E-state index < -0.39 is 0 Å². The van der Waals surface area contributed by atoms with E-state index in [2.05, 4.69) is 24.5 Å². The number of hydrogen-bond acceptors (Lipinski definition) is 1. The van der Waals surface area contributed by atoms with Crippen LogP contribution in [0.5, 0.6) is 0 Å². The summed E-state index contributed by atoms with van der Waals surface area (Å²) in [6.07, 6.45) is 3.51. The molecule has 1 fully saturated rings. The Morgan fingerprint density at radius 1 is 1.32 bits per heavy atom. The second-order valence-electron chi connectivity index (χ2n) is 5.48. The van der Waals surface area contributed by atoms with E-state index >= 15 is 0 Å². The van der Waals surface area contributed by atoms with Gasteiger partial charge in [0.05, 0.1) is 0 Å². The molecular weight excluding hydrogens is 260 g/mol. The van der Waals surface area contributed by atoms with Gasteiger partial charge in [-0.05, 0) is 36.5 Å². The lowest BCUT2D eigenvalue weighted by atomic mass is 9.78. The van der Waals surface area contributed by atoms with E-state index in [-0.39, 0.29) is 12.1 Å². The number of benzene rings is 1. The highest BCUT2D eigenvalue weighted by Crippen LogP contribution is 2.29. The lowest BCUT2D eigenvalue weighted by molar-refractivity contribution is 0.201. The molecule has 3 atom stereocenters. The zero-order valence-electron chi connectivity index (χ0n) is 11.4. The first kappa shape index (κ1) is 14.2. The first-order valence-electron chi connectivity index (χ1n) is 6.89. The molecule has 0 heterocycles. The van der Waals surface area contributed by atoms with Crippen LogP contribution < -0.4 is 10.6 Å². The van der Waals surface area contributed by atoms with E-state index in [1.165, 1.54) is 12.8 Å². The first-order chi connectivity index (χ1) is 9.06. The SMILES string of the molecule is CC1CCCC(NC(=O)Nc2cccc(Cl)c2)C1C. The van der Waals surface area contributed by atoms with Crippen LogP contribution in [0.1, 0.15) is 33.1 Å². The molecule has 104 valence electrons. The maximum Gasteiger partial charge on any atom is 0.319 e. The van der Waals surface area contributed by atoms with Gasteiger partial charge in [0.15, 0.2) is 0 Å². The van der Waals surface area contributed by atoms with E-state index in [9.17, 15) is 4.79 Å². The Morgan fingerprint density at radius 2 is 2.11 bits per heavy atom. The van der Waals surface area contributed by atoms with Crippen LogP contribution in [0.15, 0.2) is 24.3 Å². The second-order valence-corrected chi connectivity index (χ2v) is 5.92. The third-order valence-corrected chi connectivity index (χ3v) is 4.34. The number of rotatable bonds is 2. The predicted molar refractivity (Wildman–Crippen MR) is 79.6 cm³/mol. The summed E-state index contributed by atoms with van der Waals surface area (Å²) in [6, 6.07) is 7.31. The average molecular weight is 281 g/mol. The number of amides is 2. The Kier molecular flexibility index (Phi) is 4.70. The van der Waals surface area contributed by atoms with Crippen molar-refractivity contribution in [3.05, 3.63) is 29.3 Å². The summed E-state index contributed by atoms with van der Waals surface area (Å²) >= 11 is 5.89. The van der Waals surface area contributed by atoms with E-state index in [0.29, 0.717) is 16.9 Å². The highest BCUT2D eigenvalue weighted by molar-refractivity contribution is 6.30. The molecule has 2 amide bonds. The van der Waals surface area contributed by atoms with Gasteiger partial charge in [-0.3, -0.25) is 0 Å². The molecule has 0 aliphatic heterocycles. The molecule has 2 N–H and O–H groups in total. The van der Waals surface area contributed by atoms with Crippen molar-refractivity contribution in [2.45, 2.75) is 39.2 Å². The number of anilines is 1. The number of urea groups is 1. The van der Waals surface area contributed by atoms with E-state index in [1.54, 1.807) is 12.1 Å². The Labute approximate surface area is 119 Å². The maximum atomic E-state index is 12.0. The lowest BCUT2D eigenvalue weighted by Gasteiger charge is -2.34. The molecule has 0 spiro atoms. The monoisotopic (exact) mass is 280 g/mol. The number of hydrogen-bond donors (Lipinski definition) is 2. The normalized spacial score (nSPS) is 26.8. The van der Waals surface area contributed by atoms with Crippen molar-refractivity contribution in [3.63, 3.8) is 0 Å². The molecule has 1 aromatic carbocycles. The zero-order valence-corrected chi connectivity index (χ0v) is 12.2. The first-order valence-corrected chi connectivity index (χ1v) is 7.27. The van der Waals surface area contributed by atoms with Crippen LogP contribution in [-0.2, 0) is 0 Å². The van der Waals surface area contributed by atoms with Gasteiger partial charge in [-0.2, -0.15) is 0 Å². The Balaban J connectivity index is 1.90. The molecule has 2 rings (SSSR count). The molecule has 0 bridgehead atoms. The minimum Gasteiger partial charge on any atom is -0.335 e. The van der Waals surface area contributed by atoms with Crippen LogP contribution in [0.4, 0.5) is 10.5 Å². The predicted octanol–water partition coefficient (Wildman–Crippen LogP) is 4.29. The van der Waals surface area contributed by atoms with Crippen molar-refractivity contribution in [2.24, 2.45) is 11.8 Å². The van der Waals surface area contributed by atoms with Gasteiger partial charge in [-0.25, -0.2) is 4.79 Å². The highest BCUT2D eigenvalue weighted by atomic mass is 35.5. The van der Waals surface area contributed by atoms with Gasteiger partial charge in [0.2, 0.25) is 0 Å². The summed E-state index contributed by atoms with van der Waals surface area (Å²) in [5.74, 6) is 1.20. The third kappa shape index (κ3) is 3.87. The Morgan fingerprint density at radius 3 is 2.84 bits per heavy atom. The topological polar surface area (TPSA) is 41.1 Å². The Hall–Kier alpha value is -1.22. The van der Waals surface area contributed by atoms with Crippen LogP contribution >= 0.6 is 11.6 Å². The van der Waals surface area contributed by atoms with Gasteiger partial charge < -0.3 is 10.6 Å². The van der Waals surface area contributed by atoms with Crippen molar-refractivity contribution < 1.29 is 4.79 Å². The third-order valence-electron chi connectivity index (χ3n) is 4.11. The van der Waals surface area contributed by atoms with Gasteiger partial charge in [-0.15, -0.1) is 0 Å². The molecule has 3 unspecified atom stereocenters. The number of halogens is 1. The molecule has 1 aromatic rings. The fourth-order valence-electron chi connectivity index (χ4n) is 2.69. The van der Waals surface area contributed by atoms with E-state index in [4.69, 9.17) is 11.6 Å². The van der Waals surface area contributed by atoms with E-state index in [0.717, 1.165) is 12.1 Å². The van der Waals surface area contributed by atoms with Gasteiger partial charge in [-0.1, -0.05) is 44.4 Å². The molecule has 1 saturated carbocycles. The molecule has 0 radical (unpaired) electrons. The molecule has 0 aromatic heterocycles. The summed E-state index contributed by atoms with van der Waals surface area (Å²) in [5, 5.41) is 6.53. The number of nitrogens with one attached hydrogen (secondary N) is 2. The van der Waals surface area contributed by atoms with Crippen LogP contribution in [0.25, 0.3) is 0 Å². The van der Waals surface area contributed by atoms with Crippen molar-refractivity contribution in [1.82, 2.24) is 5.32 Å². The second kappa shape index (κ2) is 6.29. The standard InChI is InChI=1S/C15H21ClN2O/c1-10-5-3-8-14(11(10)2)18-15(19)17-13-7-4-6-12(16)9-13/h4,6-7,9-11,14H,3,5,8H2,1-2H3,(H2,17,18,19). The van der Waals surface area contributed by atoms with Gasteiger partial charge >= 0.3 is 6.03 Å². The fraction of sp³-hybridized carbons (Fsp3) is 0.533. The minimum absolute atomic E-state index is 0.145. The number of carbonyl (C=O) groups excluding carboxylic acids is 1. The summed E-state index contributed by atoms with van der Waals surface area (Å²) in [6.45, 7) is 4.47. The minimum atomic E-state index is -0.145. The van der Waals surface area contributed by atoms with Gasteiger partial charge in [0.25, 0.3) is 0 Å². The van der Waals surface area contributed by atoms with Gasteiger partial charge in [0, 0.05) is 16.8 Å². The average Bonchev–Trinajstić information content (AvgIpc) is 2.35. The summed E-state index contributed by atoms with van der Waals surface area (Å²) < 4.78 is 0.